The molecule has 114 valence electrons. The molecule has 2 aliphatic carbocycles. The zero-order chi connectivity index (χ0) is 15.3. The number of halogens is 2. The predicted octanol–water partition coefficient (Wildman–Crippen LogP) is 2.81. The third-order valence-corrected chi connectivity index (χ3v) is 7.76. The highest BCUT2D eigenvalue weighted by molar-refractivity contribution is 9.09. The Labute approximate surface area is 133 Å². The first kappa shape index (κ1) is 16.5. The molecule has 3 nitrogen and oxygen atoms in total. The molecule has 0 bridgehead atoms. The highest BCUT2D eigenvalue weighted by atomic mass is 79.9. The summed E-state index contributed by atoms with van der Waals surface area (Å²) in [7, 11) is 0. The van der Waals surface area contributed by atoms with Gasteiger partial charge in [0.15, 0.2) is 5.78 Å². The first-order valence-electron chi connectivity index (χ1n) is 6.93. The lowest BCUT2D eigenvalue weighted by atomic mass is 9.48. The minimum Gasteiger partial charge on any atom is -0.392 e. The third-order valence-electron chi connectivity index (χ3n) is 5.56. The van der Waals surface area contributed by atoms with Gasteiger partial charge in [-0.2, -0.15) is 0 Å². The van der Waals surface area contributed by atoms with Crippen LogP contribution in [0.15, 0.2) is 12.2 Å². The van der Waals surface area contributed by atoms with Crippen LogP contribution >= 0.6 is 27.5 Å². The summed E-state index contributed by atoms with van der Waals surface area (Å²) in [6.45, 7) is 8.24. The van der Waals surface area contributed by atoms with E-state index in [0.29, 0.717) is 19.3 Å². The molecule has 0 aromatic rings. The lowest BCUT2D eigenvalue weighted by Crippen LogP contribution is -2.59. The van der Waals surface area contributed by atoms with Crippen molar-refractivity contribution < 1.29 is 15.0 Å². The van der Waals surface area contributed by atoms with Crippen LogP contribution in [0.1, 0.15) is 39.5 Å². The summed E-state index contributed by atoms with van der Waals surface area (Å²) in [4.78, 5) is 12.3. The van der Waals surface area contributed by atoms with E-state index >= 15 is 0 Å². The van der Waals surface area contributed by atoms with Gasteiger partial charge in [-0.25, -0.2) is 0 Å². The van der Waals surface area contributed by atoms with Crippen molar-refractivity contribution in [2.24, 2.45) is 10.8 Å². The summed E-state index contributed by atoms with van der Waals surface area (Å²) in [5.41, 5.74) is -1.18. The number of hydrogen-bond donors (Lipinski definition) is 2. The van der Waals surface area contributed by atoms with Gasteiger partial charge in [-0.1, -0.05) is 41.9 Å². The van der Waals surface area contributed by atoms with E-state index in [2.05, 4.69) is 36.4 Å². The maximum Gasteiger partial charge on any atom is 0.166 e. The van der Waals surface area contributed by atoms with E-state index in [1.54, 1.807) is 0 Å². The van der Waals surface area contributed by atoms with Crippen LogP contribution < -0.4 is 0 Å². The number of aliphatic hydroxyl groups excluding tert-OH is 1. The van der Waals surface area contributed by atoms with E-state index in [4.69, 9.17) is 11.6 Å². The minimum absolute atomic E-state index is 0.0603. The second kappa shape index (κ2) is 5.08. The van der Waals surface area contributed by atoms with Gasteiger partial charge in [0.2, 0.25) is 0 Å². The number of aliphatic hydroxyl groups is 2. The van der Waals surface area contributed by atoms with Crippen LogP contribution in [-0.4, -0.2) is 38.4 Å². The summed E-state index contributed by atoms with van der Waals surface area (Å²) in [6, 6.07) is 0. The summed E-state index contributed by atoms with van der Waals surface area (Å²) in [5, 5.41) is 20.4. The van der Waals surface area contributed by atoms with Crippen molar-refractivity contribution in [2.75, 3.05) is 5.88 Å². The van der Waals surface area contributed by atoms with E-state index in [0.717, 1.165) is 5.57 Å². The van der Waals surface area contributed by atoms with Crippen LogP contribution in [0.4, 0.5) is 0 Å². The Hall–Kier alpha value is 0.1000. The van der Waals surface area contributed by atoms with Crippen LogP contribution in [0.25, 0.3) is 0 Å². The van der Waals surface area contributed by atoms with Crippen molar-refractivity contribution in [3.63, 3.8) is 0 Å². The molecule has 1 spiro atoms. The molecule has 0 aromatic heterocycles. The number of alkyl halides is 2. The molecule has 4 atom stereocenters. The predicted molar refractivity (Wildman–Crippen MR) is 83.2 cm³/mol. The van der Waals surface area contributed by atoms with Gasteiger partial charge >= 0.3 is 0 Å². The largest absolute Gasteiger partial charge is 0.392 e. The fraction of sp³-hybridized carbons (Fsp3) is 0.800. The Kier molecular flexibility index (Phi) is 4.18. The summed E-state index contributed by atoms with van der Waals surface area (Å²) >= 11 is 9.35. The molecule has 0 saturated heterocycles. The van der Waals surface area contributed by atoms with Crippen LogP contribution in [-0.2, 0) is 4.79 Å². The van der Waals surface area contributed by atoms with E-state index in [1.807, 2.05) is 0 Å². The SMILES string of the molecule is C=C1C[C@H](O)C(Br)C(C)(C)[C@@]12CC[C@@](O)(CCl)C(=O)C2. The highest BCUT2D eigenvalue weighted by Gasteiger charge is 2.60. The molecule has 2 N–H and O–H groups in total. The Balaban J connectivity index is 2.40. The molecule has 2 fully saturated rings. The molecule has 0 aromatic carbocycles. The lowest BCUT2D eigenvalue weighted by Gasteiger charge is -2.58. The quantitative estimate of drug-likeness (QED) is 0.555. The van der Waals surface area contributed by atoms with Gasteiger partial charge in [-0.3, -0.25) is 4.79 Å². The molecule has 1 unspecified atom stereocenters. The molecule has 2 aliphatic rings. The van der Waals surface area contributed by atoms with E-state index in [-0.39, 0.29) is 33.7 Å². The summed E-state index contributed by atoms with van der Waals surface area (Å²) < 4.78 is 0. The molecule has 0 radical (unpaired) electrons. The number of ketones is 1. The summed E-state index contributed by atoms with van der Waals surface area (Å²) in [5.74, 6) is -0.265. The molecular weight excluding hydrogens is 344 g/mol. The second-order valence-electron chi connectivity index (χ2n) is 6.85. The maximum atomic E-state index is 12.4. The lowest BCUT2D eigenvalue weighted by molar-refractivity contribution is -0.149. The fourth-order valence-electron chi connectivity index (χ4n) is 3.83. The molecule has 20 heavy (non-hydrogen) atoms. The van der Waals surface area contributed by atoms with Gasteiger partial charge < -0.3 is 10.2 Å². The Morgan fingerprint density at radius 1 is 1.45 bits per heavy atom. The molecule has 5 heteroatoms. The van der Waals surface area contributed by atoms with Crippen LogP contribution in [0.5, 0.6) is 0 Å². The highest BCUT2D eigenvalue weighted by Crippen LogP contribution is 2.61. The molecule has 0 amide bonds. The van der Waals surface area contributed by atoms with E-state index in [9.17, 15) is 15.0 Å². The summed E-state index contributed by atoms with van der Waals surface area (Å²) in [6.07, 6.45) is 1.27. The average Bonchev–Trinajstić information content (AvgIpc) is 2.39. The van der Waals surface area contributed by atoms with Gasteiger partial charge in [0, 0.05) is 16.7 Å². The zero-order valence-corrected chi connectivity index (χ0v) is 14.3. The van der Waals surface area contributed by atoms with Crippen LogP contribution in [0, 0.1) is 10.8 Å². The maximum absolute atomic E-state index is 12.4. The van der Waals surface area contributed by atoms with Gasteiger partial charge in [0.1, 0.15) is 5.60 Å². The smallest absolute Gasteiger partial charge is 0.166 e. The molecule has 0 heterocycles. The van der Waals surface area contributed by atoms with Crippen molar-refractivity contribution in [1.29, 1.82) is 0 Å². The normalized spacial score (nSPS) is 44.9. The molecule has 2 saturated carbocycles. The van der Waals surface area contributed by atoms with Crippen molar-refractivity contribution in [1.82, 2.24) is 0 Å². The van der Waals surface area contributed by atoms with E-state index < -0.39 is 11.7 Å². The van der Waals surface area contributed by atoms with Crippen molar-refractivity contribution in [2.45, 2.75) is 56.1 Å². The topological polar surface area (TPSA) is 57.5 Å². The minimum atomic E-state index is -1.40. The molecule has 2 rings (SSSR count). The van der Waals surface area contributed by atoms with Gasteiger partial charge in [-0.05, 0) is 24.7 Å². The van der Waals surface area contributed by atoms with Gasteiger partial charge in [-0.15, -0.1) is 11.6 Å². The van der Waals surface area contributed by atoms with Gasteiger partial charge in [0.25, 0.3) is 0 Å². The monoisotopic (exact) mass is 364 g/mol. The molecular formula is C15H22BrClO3. The van der Waals surface area contributed by atoms with Crippen LogP contribution in [0.3, 0.4) is 0 Å². The number of hydrogen-bond acceptors (Lipinski definition) is 3. The molecule has 0 aliphatic heterocycles. The second-order valence-corrected chi connectivity index (χ2v) is 8.10. The average molecular weight is 366 g/mol. The zero-order valence-electron chi connectivity index (χ0n) is 12.0. The fourth-order valence-corrected chi connectivity index (χ4v) is 4.74. The third kappa shape index (κ3) is 2.11. The standard InChI is InChI=1S/C15H22BrClO3/c1-9-6-10(18)12(16)13(2,3)14(9)4-5-15(20,8-17)11(19)7-14/h10,12,18,20H,1,4-8H2,2-3H3/t10-,12?,14+,15+/m0/s1. The van der Waals surface area contributed by atoms with Crippen molar-refractivity contribution >= 4 is 33.3 Å². The van der Waals surface area contributed by atoms with Crippen LogP contribution in [0.2, 0.25) is 0 Å². The first-order valence-corrected chi connectivity index (χ1v) is 8.38. The van der Waals surface area contributed by atoms with Crippen molar-refractivity contribution in [3.05, 3.63) is 12.2 Å². The Morgan fingerprint density at radius 3 is 2.55 bits per heavy atom. The Bertz CT molecular complexity index is 450. The number of rotatable bonds is 1. The van der Waals surface area contributed by atoms with Gasteiger partial charge in [0.05, 0.1) is 12.0 Å². The Morgan fingerprint density at radius 2 is 2.05 bits per heavy atom. The first-order chi connectivity index (χ1) is 9.10. The van der Waals surface area contributed by atoms with Crippen molar-refractivity contribution in [3.8, 4) is 0 Å². The number of carbonyl (C=O) groups is 1. The number of Topliss-reactive ketones (excluding diaryl/α,β-unsaturated/α-hetero) is 1. The van der Waals surface area contributed by atoms with E-state index in [1.165, 1.54) is 0 Å². The number of carbonyl (C=O) groups excluding carboxylic acids is 1.